The van der Waals surface area contributed by atoms with Crippen molar-refractivity contribution in [3.8, 4) is 5.75 Å². The Balaban J connectivity index is 1.99. The van der Waals surface area contributed by atoms with Gasteiger partial charge in [0.2, 0.25) is 0 Å². The molecule has 0 aromatic heterocycles. The second-order valence-corrected chi connectivity index (χ2v) is 6.92. The number of hydrogen-bond donors (Lipinski definition) is 0. The summed E-state index contributed by atoms with van der Waals surface area (Å²) in [4.78, 5) is 12.1. The van der Waals surface area contributed by atoms with E-state index in [0.29, 0.717) is 5.92 Å². The first-order valence-corrected chi connectivity index (χ1v) is 7.55. The Bertz CT molecular complexity index is 620. The average Bonchev–Trinajstić information content (AvgIpc) is 2.77. The number of benzene rings is 1. The molecule has 1 aliphatic heterocycles. The summed E-state index contributed by atoms with van der Waals surface area (Å²) in [5.41, 5.74) is 4.32. The molecule has 112 valence electrons. The van der Waals surface area contributed by atoms with Crippen molar-refractivity contribution in [3.05, 3.63) is 34.9 Å². The summed E-state index contributed by atoms with van der Waals surface area (Å²) in [6.07, 6.45) is 3.62. The summed E-state index contributed by atoms with van der Waals surface area (Å²) in [5, 5.41) is 0. The largest absolute Gasteiger partial charge is 0.493 e. The third kappa shape index (κ3) is 2.69. The number of hydrogen-bond acceptors (Lipinski definition) is 3. The monoisotopic (exact) mass is 286 g/mol. The van der Waals surface area contributed by atoms with Crippen LogP contribution in [-0.2, 0) is 9.53 Å². The van der Waals surface area contributed by atoms with Crippen LogP contribution in [0.5, 0.6) is 5.75 Å². The lowest BCUT2D eigenvalue weighted by Gasteiger charge is -2.24. The van der Waals surface area contributed by atoms with E-state index in [1.54, 1.807) is 6.08 Å². The lowest BCUT2D eigenvalue weighted by molar-refractivity contribution is -0.148. The van der Waals surface area contributed by atoms with Crippen LogP contribution in [0.15, 0.2) is 18.2 Å². The zero-order valence-corrected chi connectivity index (χ0v) is 13.2. The Morgan fingerprint density at radius 2 is 2.14 bits per heavy atom. The minimum Gasteiger partial charge on any atom is -0.493 e. The van der Waals surface area contributed by atoms with Gasteiger partial charge in [-0.1, -0.05) is 6.07 Å². The SMILES string of the molecule is Cc1ccc2c3c1/C(=C/C(=O)OC(C)(C)C)CC[C@@H]3CO2. The molecule has 2 aliphatic rings. The van der Waals surface area contributed by atoms with Crippen LogP contribution in [-0.4, -0.2) is 18.2 Å². The molecule has 3 heteroatoms. The number of rotatable bonds is 1. The highest BCUT2D eigenvalue weighted by atomic mass is 16.6. The first-order chi connectivity index (χ1) is 9.85. The Hall–Kier alpha value is -1.77. The van der Waals surface area contributed by atoms with E-state index in [0.717, 1.165) is 30.8 Å². The molecule has 0 radical (unpaired) electrons. The molecule has 1 aliphatic carbocycles. The van der Waals surface area contributed by atoms with Crippen molar-refractivity contribution in [1.29, 1.82) is 0 Å². The van der Waals surface area contributed by atoms with Crippen LogP contribution in [0.1, 0.15) is 56.2 Å². The third-order valence-corrected chi connectivity index (χ3v) is 4.04. The summed E-state index contributed by atoms with van der Waals surface area (Å²) in [6, 6.07) is 4.12. The molecule has 0 bridgehead atoms. The number of aryl methyl sites for hydroxylation is 1. The molecule has 0 unspecified atom stereocenters. The quantitative estimate of drug-likeness (QED) is 0.578. The van der Waals surface area contributed by atoms with Crippen molar-refractivity contribution in [2.75, 3.05) is 6.61 Å². The summed E-state index contributed by atoms with van der Waals surface area (Å²) < 4.78 is 11.2. The van der Waals surface area contributed by atoms with E-state index in [1.807, 2.05) is 26.8 Å². The normalized spacial score (nSPS) is 21.9. The van der Waals surface area contributed by atoms with Gasteiger partial charge in [0.1, 0.15) is 11.4 Å². The van der Waals surface area contributed by atoms with Crippen LogP contribution >= 0.6 is 0 Å². The van der Waals surface area contributed by atoms with Crippen LogP contribution in [0.3, 0.4) is 0 Å². The summed E-state index contributed by atoms with van der Waals surface area (Å²) >= 11 is 0. The van der Waals surface area contributed by atoms with Gasteiger partial charge in [0.05, 0.1) is 6.61 Å². The minimum absolute atomic E-state index is 0.258. The molecule has 0 spiro atoms. The summed E-state index contributed by atoms with van der Waals surface area (Å²) in [7, 11) is 0. The Labute approximate surface area is 125 Å². The molecule has 3 rings (SSSR count). The van der Waals surface area contributed by atoms with Crippen LogP contribution in [0.2, 0.25) is 0 Å². The highest BCUT2D eigenvalue weighted by Gasteiger charge is 2.33. The topological polar surface area (TPSA) is 35.5 Å². The van der Waals surface area contributed by atoms with E-state index in [4.69, 9.17) is 9.47 Å². The standard InChI is InChI=1S/C18H22O3/c1-11-5-8-14-17-13(10-20-14)7-6-12(16(11)17)9-15(19)21-18(2,3)4/h5,8-9,13H,6-7,10H2,1-4H3/b12-9+/t13-/m1/s1. The van der Waals surface area contributed by atoms with Crippen molar-refractivity contribution in [2.24, 2.45) is 0 Å². The Morgan fingerprint density at radius 3 is 2.86 bits per heavy atom. The number of allylic oxidation sites excluding steroid dienone is 1. The van der Waals surface area contributed by atoms with Crippen molar-refractivity contribution >= 4 is 11.5 Å². The van der Waals surface area contributed by atoms with Gasteiger partial charge < -0.3 is 9.47 Å². The molecule has 1 atom stereocenters. The van der Waals surface area contributed by atoms with Gasteiger partial charge in [-0.05, 0) is 63.3 Å². The Morgan fingerprint density at radius 1 is 1.38 bits per heavy atom. The molecule has 0 fully saturated rings. The van der Waals surface area contributed by atoms with Crippen molar-refractivity contribution < 1.29 is 14.3 Å². The van der Waals surface area contributed by atoms with Crippen molar-refractivity contribution in [1.82, 2.24) is 0 Å². The fourth-order valence-corrected chi connectivity index (χ4v) is 3.24. The second kappa shape index (κ2) is 4.90. The van der Waals surface area contributed by atoms with Crippen LogP contribution in [0.4, 0.5) is 0 Å². The molecule has 1 aromatic rings. The zero-order chi connectivity index (χ0) is 15.2. The maximum Gasteiger partial charge on any atom is 0.331 e. The number of ether oxygens (including phenoxy) is 2. The van der Waals surface area contributed by atoms with Gasteiger partial charge in [-0.3, -0.25) is 0 Å². The smallest absolute Gasteiger partial charge is 0.331 e. The van der Waals surface area contributed by atoms with Gasteiger partial charge in [-0.15, -0.1) is 0 Å². The van der Waals surface area contributed by atoms with Gasteiger partial charge in [-0.2, -0.15) is 0 Å². The van der Waals surface area contributed by atoms with Crippen molar-refractivity contribution in [2.45, 2.75) is 52.1 Å². The lowest BCUT2D eigenvalue weighted by Crippen LogP contribution is -2.23. The summed E-state index contributed by atoms with van der Waals surface area (Å²) in [5.74, 6) is 1.20. The molecular weight excluding hydrogens is 264 g/mol. The van der Waals surface area contributed by atoms with Crippen LogP contribution < -0.4 is 4.74 Å². The molecule has 3 nitrogen and oxygen atoms in total. The van der Waals surface area contributed by atoms with Crippen molar-refractivity contribution in [3.63, 3.8) is 0 Å². The van der Waals surface area contributed by atoms with Crippen LogP contribution in [0.25, 0.3) is 5.57 Å². The molecule has 0 N–H and O–H groups in total. The first-order valence-electron chi connectivity index (χ1n) is 7.55. The van der Waals surface area contributed by atoms with E-state index >= 15 is 0 Å². The third-order valence-electron chi connectivity index (χ3n) is 4.04. The van der Waals surface area contributed by atoms with E-state index < -0.39 is 5.60 Å². The highest BCUT2D eigenvalue weighted by molar-refractivity contribution is 5.93. The maximum atomic E-state index is 12.1. The van der Waals surface area contributed by atoms with E-state index in [2.05, 4.69) is 13.0 Å². The van der Waals surface area contributed by atoms with Gasteiger partial charge in [0.15, 0.2) is 0 Å². The molecule has 21 heavy (non-hydrogen) atoms. The first kappa shape index (κ1) is 14.2. The van der Waals surface area contributed by atoms with Crippen LogP contribution in [0, 0.1) is 6.92 Å². The number of carbonyl (C=O) groups is 1. The maximum absolute atomic E-state index is 12.1. The van der Waals surface area contributed by atoms with E-state index in [9.17, 15) is 4.79 Å². The molecule has 0 saturated carbocycles. The van der Waals surface area contributed by atoms with E-state index in [1.165, 1.54) is 16.7 Å². The molecule has 1 aromatic carbocycles. The highest BCUT2D eigenvalue weighted by Crippen LogP contribution is 2.48. The summed E-state index contributed by atoms with van der Waals surface area (Å²) in [6.45, 7) is 8.53. The van der Waals surface area contributed by atoms with Gasteiger partial charge in [0.25, 0.3) is 0 Å². The predicted octanol–water partition coefficient (Wildman–Crippen LogP) is 3.99. The fourth-order valence-electron chi connectivity index (χ4n) is 3.24. The molecule has 0 saturated heterocycles. The average molecular weight is 286 g/mol. The fraction of sp³-hybridized carbons (Fsp3) is 0.500. The van der Waals surface area contributed by atoms with Gasteiger partial charge in [0, 0.05) is 17.6 Å². The number of esters is 1. The van der Waals surface area contributed by atoms with Gasteiger partial charge in [-0.25, -0.2) is 4.79 Å². The molecular formula is C18H22O3. The lowest BCUT2D eigenvalue weighted by atomic mass is 9.79. The molecule has 0 amide bonds. The van der Waals surface area contributed by atoms with Gasteiger partial charge >= 0.3 is 5.97 Å². The Kier molecular flexibility index (Phi) is 3.31. The molecule has 1 heterocycles. The minimum atomic E-state index is -0.456. The predicted molar refractivity (Wildman–Crippen MR) is 82.5 cm³/mol. The second-order valence-electron chi connectivity index (χ2n) is 6.92. The van der Waals surface area contributed by atoms with E-state index in [-0.39, 0.29) is 5.97 Å². The zero-order valence-electron chi connectivity index (χ0n) is 13.2. The number of carbonyl (C=O) groups excluding carboxylic acids is 1.